The van der Waals surface area contributed by atoms with Gasteiger partial charge in [-0.1, -0.05) is 13.0 Å². The van der Waals surface area contributed by atoms with E-state index in [0.29, 0.717) is 31.5 Å². The van der Waals surface area contributed by atoms with Gasteiger partial charge >= 0.3 is 133 Å². The van der Waals surface area contributed by atoms with Crippen molar-refractivity contribution in [3.63, 3.8) is 0 Å². The summed E-state index contributed by atoms with van der Waals surface area (Å²) in [5, 5.41) is 0. The molecule has 1 amide bonds. The van der Waals surface area contributed by atoms with Crippen LogP contribution in [0.15, 0.2) is 35.9 Å². The molecule has 9 heteroatoms. The molecule has 1 aromatic carbocycles. The third kappa shape index (κ3) is 5.21. The van der Waals surface area contributed by atoms with Gasteiger partial charge in [0.25, 0.3) is 0 Å². The number of amides is 1. The molecule has 34 heavy (non-hydrogen) atoms. The molecule has 1 saturated heterocycles. The number of alkyl halides is 2. The zero-order chi connectivity index (χ0) is 24.6. The van der Waals surface area contributed by atoms with Crippen LogP contribution < -0.4 is 4.72 Å². The van der Waals surface area contributed by atoms with Crippen LogP contribution in [0.3, 0.4) is 0 Å². The number of carbonyl (C=O) groups is 1. The molecule has 1 aliphatic heterocycles. The van der Waals surface area contributed by atoms with Gasteiger partial charge < -0.3 is 0 Å². The number of allylic oxidation sites excluding steroid dienone is 4. The molecule has 4 unspecified atom stereocenters. The second kappa shape index (κ2) is 10.0. The predicted molar refractivity (Wildman–Crippen MR) is 124 cm³/mol. The number of nitrogens with one attached hydrogen (secondary N) is 1. The van der Waals surface area contributed by atoms with Crippen molar-refractivity contribution < 1.29 is 26.4 Å². The van der Waals surface area contributed by atoms with Crippen LogP contribution >= 0.6 is 0 Å². The summed E-state index contributed by atoms with van der Waals surface area (Å²) in [7, 11) is -1.12. The summed E-state index contributed by atoms with van der Waals surface area (Å²) in [4.78, 5) is 15.0. The van der Waals surface area contributed by atoms with Gasteiger partial charge in [-0.15, -0.1) is 0 Å². The van der Waals surface area contributed by atoms with E-state index in [4.69, 9.17) is 0 Å². The SMILES string of the molecule is C[S-](#[O+])NC1CCCN(C(=O)C2CC2C2=CCC(C)(C(F)F)C=C2c2c(F)cccc2F)CC1. The van der Waals surface area contributed by atoms with E-state index in [1.54, 1.807) is 12.3 Å². The Bertz CT molecular complexity index is 1080. The van der Waals surface area contributed by atoms with Crippen LogP contribution in [0.2, 0.25) is 0 Å². The number of benzene rings is 1. The van der Waals surface area contributed by atoms with E-state index in [2.05, 4.69) is 4.72 Å². The van der Waals surface area contributed by atoms with Gasteiger partial charge in [0.05, 0.1) is 5.41 Å². The van der Waals surface area contributed by atoms with Gasteiger partial charge in [0, 0.05) is 0 Å². The van der Waals surface area contributed by atoms with Crippen molar-refractivity contribution >= 4 is 22.3 Å². The van der Waals surface area contributed by atoms with Gasteiger partial charge in [-0.05, 0) is 12.1 Å². The number of nitrogens with zero attached hydrogens (tertiary/aromatic N) is 1. The average Bonchev–Trinajstić information content (AvgIpc) is 3.57. The van der Waals surface area contributed by atoms with E-state index >= 15 is 0 Å². The maximum atomic E-state index is 14.7. The first-order valence-corrected chi connectivity index (χ1v) is 13.2. The predicted octanol–water partition coefficient (Wildman–Crippen LogP) is 5.07. The molecule has 0 bridgehead atoms. The molecule has 0 radical (unpaired) electrons. The standard InChI is InChI=1S/C25H30F4N2O2S/c1-25(24(28)29)10-8-16(19(14-25)22-20(26)6-3-7-21(22)27)17-13-18(17)23(32)31-11-4-5-15(9-12-31)30-34(2)33/h3,6-8,14-15,17-18,24,30H,4-5,9-13H2,1-2H3. The number of hydrogen-bond donors (Lipinski definition) is 1. The van der Waals surface area contributed by atoms with Crippen molar-refractivity contribution in [3.8, 4) is 0 Å². The summed E-state index contributed by atoms with van der Waals surface area (Å²) in [6.07, 6.45) is 4.72. The van der Waals surface area contributed by atoms with Crippen LogP contribution in [0.5, 0.6) is 0 Å². The molecule has 1 N–H and O–H groups in total. The Morgan fingerprint density at radius 2 is 1.94 bits per heavy atom. The van der Waals surface area contributed by atoms with E-state index in [1.807, 2.05) is 4.90 Å². The molecule has 1 aromatic rings. The summed E-state index contributed by atoms with van der Waals surface area (Å²) >= 11 is 0. The Hall–Kier alpha value is -1.84. The number of likely N-dealkylation sites (tertiary alicyclic amines) is 1. The van der Waals surface area contributed by atoms with E-state index in [0.717, 1.165) is 25.0 Å². The summed E-state index contributed by atoms with van der Waals surface area (Å²) in [5.74, 6) is -2.21. The third-order valence-electron chi connectivity index (χ3n) is 7.16. The van der Waals surface area contributed by atoms with Crippen molar-refractivity contribution in [2.75, 3.05) is 19.3 Å². The van der Waals surface area contributed by atoms with Gasteiger partial charge in [-0.2, -0.15) is 0 Å². The van der Waals surface area contributed by atoms with Crippen molar-refractivity contribution in [1.29, 1.82) is 0 Å². The van der Waals surface area contributed by atoms with Gasteiger partial charge in [-0.3, -0.25) is 0 Å². The van der Waals surface area contributed by atoms with E-state index < -0.39 is 34.3 Å². The molecule has 0 spiro atoms. The monoisotopic (exact) mass is 498 g/mol. The van der Waals surface area contributed by atoms with Crippen LogP contribution in [0.1, 0.15) is 44.6 Å². The minimum atomic E-state index is -2.69. The Morgan fingerprint density at radius 1 is 1.24 bits per heavy atom. The number of halogens is 4. The molecule has 0 aromatic heterocycles. The molecule has 1 heterocycles. The molecule has 4 atom stereocenters. The van der Waals surface area contributed by atoms with Crippen LogP contribution in [0.4, 0.5) is 17.6 Å². The van der Waals surface area contributed by atoms with Crippen LogP contribution in [-0.2, 0) is 19.7 Å². The van der Waals surface area contributed by atoms with E-state index in [9.17, 15) is 26.4 Å². The topological polar surface area (TPSA) is 52.2 Å². The van der Waals surface area contributed by atoms with Crippen LogP contribution in [0, 0.1) is 28.9 Å². The quantitative estimate of drug-likeness (QED) is 0.350. The van der Waals surface area contributed by atoms with Crippen molar-refractivity contribution in [3.05, 3.63) is 53.1 Å². The average molecular weight is 499 g/mol. The summed E-state index contributed by atoms with van der Waals surface area (Å²) in [5.41, 5.74) is -1.13. The molecular formula is C25H30F4N2O2S. The molecule has 2 aliphatic carbocycles. The normalized spacial score (nSPS) is 29.6. The van der Waals surface area contributed by atoms with Crippen molar-refractivity contribution in [1.82, 2.24) is 9.62 Å². The summed E-state index contributed by atoms with van der Waals surface area (Å²) in [6, 6.07) is 3.56. The number of rotatable bonds is 5. The molecule has 3 aliphatic rings. The van der Waals surface area contributed by atoms with Gasteiger partial charge in [0.15, 0.2) is 0 Å². The molecule has 2 fully saturated rings. The Balaban J connectivity index is 1.54. The second-order valence-electron chi connectivity index (χ2n) is 9.80. The van der Waals surface area contributed by atoms with Crippen molar-refractivity contribution in [2.24, 2.45) is 17.3 Å². The summed E-state index contributed by atoms with van der Waals surface area (Å²) in [6.45, 7) is 2.53. The van der Waals surface area contributed by atoms with E-state index in [1.165, 1.54) is 19.1 Å². The molecule has 4 nitrogen and oxygen atoms in total. The second-order valence-corrected chi connectivity index (χ2v) is 10.9. The molecule has 186 valence electrons. The van der Waals surface area contributed by atoms with E-state index in [-0.39, 0.29) is 41.3 Å². The fraction of sp³-hybridized carbons (Fsp3) is 0.560. The van der Waals surface area contributed by atoms with Crippen LogP contribution in [0.25, 0.3) is 5.57 Å². The Morgan fingerprint density at radius 3 is 2.59 bits per heavy atom. The van der Waals surface area contributed by atoms with Crippen molar-refractivity contribution in [2.45, 2.75) is 51.5 Å². The van der Waals surface area contributed by atoms with Crippen LogP contribution in [-0.4, -0.2) is 42.6 Å². The zero-order valence-corrected chi connectivity index (χ0v) is 20.1. The third-order valence-corrected chi connectivity index (χ3v) is 7.82. The van der Waals surface area contributed by atoms with Gasteiger partial charge in [0.2, 0.25) is 6.43 Å². The molecule has 1 saturated carbocycles. The fourth-order valence-corrected chi connectivity index (χ4v) is 5.81. The summed E-state index contributed by atoms with van der Waals surface area (Å²) < 4.78 is 71.4. The van der Waals surface area contributed by atoms with Gasteiger partial charge in [0.1, 0.15) is 11.6 Å². The maximum absolute atomic E-state index is 14.7. The zero-order valence-electron chi connectivity index (χ0n) is 19.3. The minimum absolute atomic E-state index is 0.0141. The first-order chi connectivity index (χ1) is 16.1. The molecular weight excluding hydrogens is 468 g/mol. The first kappa shape index (κ1) is 25.3. The van der Waals surface area contributed by atoms with Gasteiger partial charge in [-0.25, -0.2) is 17.6 Å². The molecule has 4 rings (SSSR count). The Kier molecular flexibility index (Phi) is 7.45. The fourth-order valence-electron chi connectivity index (χ4n) is 5.10. The first-order valence-electron chi connectivity index (χ1n) is 11.6. The number of hydrogen-bond acceptors (Lipinski definition) is 3. The number of carbonyl (C=O) groups excluding carboxylic acids is 1. The Labute approximate surface area is 199 Å².